The minimum absolute atomic E-state index is 0.106. The number of halogens is 1. The molecule has 0 fully saturated rings. The maximum Gasteiger partial charge on any atom is 0.193 e. The third kappa shape index (κ3) is 2.26. The van der Waals surface area contributed by atoms with Gasteiger partial charge in [0, 0.05) is 11.1 Å². The summed E-state index contributed by atoms with van der Waals surface area (Å²) in [5, 5.41) is 0. The molecular formula is C18H19FO. The van der Waals surface area contributed by atoms with E-state index in [1.807, 2.05) is 27.7 Å². The van der Waals surface area contributed by atoms with Crippen LogP contribution in [0, 0.1) is 40.4 Å². The van der Waals surface area contributed by atoms with Crippen LogP contribution in [0.2, 0.25) is 0 Å². The molecule has 0 radical (unpaired) electrons. The van der Waals surface area contributed by atoms with E-state index in [-0.39, 0.29) is 11.6 Å². The van der Waals surface area contributed by atoms with Gasteiger partial charge in [-0.1, -0.05) is 12.1 Å². The van der Waals surface area contributed by atoms with E-state index in [2.05, 4.69) is 6.92 Å². The molecule has 2 rings (SSSR count). The smallest absolute Gasteiger partial charge is 0.193 e. The van der Waals surface area contributed by atoms with Crippen LogP contribution in [-0.2, 0) is 0 Å². The lowest BCUT2D eigenvalue weighted by Gasteiger charge is -2.17. The Bertz CT molecular complexity index is 670. The number of hydrogen-bond acceptors (Lipinski definition) is 1. The van der Waals surface area contributed by atoms with E-state index in [9.17, 15) is 9.18 Å². The second-order valence-corrected chi connectivity index (χ2v) is 5.34. The van der Waals surface area contributed by atoms with Gasteiger partial charge < -0.3 is 0 Å². The molecule has 0 N–H and O–H groups in total. The largest absolute Gasteiger partial charge is 0.289 e. The van der Waals surface area contributed by atoms with Crippen LogP contribution in [0.15, 0.2) is 24.3 Å². The first kappa shape index (κ1) is 14.4. The van der Waals surface area contributed by atoms with E-state index in [4.69, 9.17) is 0 Å². The number of rotatable bonds is 2. The maximum absolute atomic E-state index is 13.3. The van der Waals surface area contributed by atoms with Crippen LogP contribution in [0.25, 0.3) is 0 Å². The Morgan fingerprint density at radius 1 is 0.850 bits per heavy atom. The van der Waals surface area contributed by atoms with Gasteiger partial charge in [0.15, 0.2) is 5.78 Å². The Hall–Kier alpha value is -1.96. The van der Waals surface area contributed by atoms with E-state index in [0.29, 0.717) is 11.1 Å². The average Bonchev–Trinajstić information content (AvgIpc) is 2.43. The molecule has 104 valence electrons. The van der Waals surface area contributed by atoms with Gasteiger partial charge in [-0.15, -0.1) is 0 Å². The molecule has 0 aliphatic rings. The quantitative estimate of drug-likeness (QED) is 0.729. The van der Waals surface area contributed by atoms with E-state index in [1.54, 1.807) is 12.1 Å². The number of hydrogen-bond donors (Lipinski definition) is 0. The zero-order valence-electron chi connectivity index (χ0n) is 12.6. The molecule has 0 aliphatic heterocycles. The zero-order valence-corrected chi connectivity index (χ0v) is 12.6. The molecule has 1 nitrogen and oxygen atoms in total. The highest BCUT2D eigenvalue weighted by atomic mass is 19.1. The van der Waals surface area contributed by atoms with Gasteiger partial charge in [0.05, 0.1) is 0 Å². The van der Waals surface area contributed by atoms with Gasteiger partial charge in [-0.2, -0.15) is 0 Å². The number of benzene rings is 2. The maximum atomic E-state index is 13.3. The van der Waals surface area contributed by atoms with Crippen LogP contribution in [-0.4, -0.2) is 5.78 Å². The van der Waals surface area contributed by atoms with Gasteiger partial charge in [0.25, 0.3) is 0 Å². The lowest BCUT2D eigenvalue weighted by Crippen LogP contribution is -2.10. The third-order valence-corrected chi connectivity index (χ3v) is 4.31. The summed E-state index contributed by atoms with van der Waals surface area (Å²) in [5.41, 5.74) is 6.56. The van der Waals surface area contributed by atoms with Crippen LogP contribution in [0.4, 0.5) is 4.39 Å². The predicted octanol–water partition coefficient (Wildman–Crippen LogP) is 4.60. The fraction of sp³-hybridized carbons (Fsp3) is 0.278. The molecule has 0 aliphatic carbocycles. The molecule has 0 bridgehead atoms. The number of carbonyl (C=O) groups excluding carboxylic acids is 1. The van der Waals surface area contributed by atoms with Crippen LogP contribution in [0.3, 0.4) is 0 Å². The van der Waals surface area contributed by atoms with Crippen molar-refractivity contribution in [3.63, 3.8) is 0 Å². The summed E-state index contributed by atoms with van der Waals surface area (Å²) in [6.07, 6.45) is 0. The molecular weight excluding hydrogens is 251 g/mol. The summed E-state index contributed by atoms with van der Waals surface area (Å²) in [6, 6.07) is 5.88. The van der Waals surface area contributed by atoms with Crippen molar-refractivity contribution < 1.29 is 9.18 Å². The molecule has 2 aromatic rings. The predicted molar refractivity (Wildman–Crippen MR) is 80.0 cm³/mol. The highest BCUT2D eigenvalue weighted by molar-refractivity contribution is 6.11. The minimum Gasteiger partial charge on any atom is -0.289 e. The minimum atomic E-state index is -0.383. The average molecular weight is 270 g/mol. The second-order valence-electron chi connectivity index (χ2n) is 5.34. The summed E-state index contributed by atoms with van der Waals surface area (Å²) in [4.78, 5) is 12.7. The Morgan fingerprint density at radius 2 is 1.35 bits per heavy atom. The van der Waals surface area contributed by atoms with Gasteiger partial charge in [0.2, 0.25) is 0 Å². The summed E-state index contributed by atoms with van der Waals surface area (Å²) >= 11 is 0. The van der Waals surface area contributed by atoms with Crippen LogP contribution < -0.4 is 0 Å². The van der Waals surface area contributed by atoms with Crippen LogP contribution >= 0.6 is 0 Å². The summed E-state index contributed by atoms with van der Waals surface area (Å²) in [7, 11) is 0. The first-order chi connectivity index (χ1) is 9.34. The monoisotopic (exact) mass is 270 g/mol. The Balaban J connectivity index is 2.67. The first-order valence-corrected chi connectivity index (χ1v) is 6.71. The standard InChI is InChI=1S/C18H19FO/c1-10-11(2)13(4)17(14(5)12(10)3)18(20)15-7-6-8-16(19)9-15/h6-9H,1-5H3. The third-order valence-electron chi connectivity index (χ3n) is 4.31. The molecule has 0 saturated heterocycles. The lowest BCUT2D eigenvalue weighted by atomic mass is 9.86. The molecule has 2 aromatic carbocycles. The van der Waals surface area contributed by atoms with Crippen LogP contribution in [0.5, 0.6) is 0 Å². The summed E-state index contributed by atoms with van der Waals surface area (Å²) in [5.74, 6) is -0.489. The number of carbonyl (C=O) groups is 1. The molecule has 0 amide bonds. The van der Waals surface area contributed by atoms with Crippen molar-refractivity contribution in [1.82, 2.24) is 0 Å². The van der Waals surface area contributed by atoms with Gasteiger partial charge in [0.1, 0.15) is 5.82 Å². The molecule has 0 unspecified atom stereocenters. The van der Waals surface area contributed by atoms with E-state index in [0.717, 1.165) is 22.3 Å². The van der Waals surface area contributed by atoms with E-state index >= 15 is 0 Å². The zero-order chi connectivity index (χ0) is 15.0. The molecule has 0 spiro atoms. The van der Waals surface area contributed by atoms with Gasteiger partial charge in [-0.25, -0.2) is 4.39 Å². The van der Waals surface area contributed by atoms with E-state index in [1.165, 1.54) is 17.7 Å². The van der Waals surface area contributed by atoms with Crippen molar-refractivity contribution in [2.45, 2.75) is 34.6 Å². The molecule has 2 heteroatoms. The summed E-state index contributed by atoms with van der Waals surface area (Å²) < 4.78 is 13.3. The molecule has 0 aromatic heterocycles. The number of ketones is 1. The van der Waals surface area contributed by atoms with Crippen molar-refractivity contribution in [2.24, 2.45) is 0 Å². The fourth-order valence-electron chi connectivity index (χ4n) is 2.61. The molecule has 0 saturated carbocycles. The normalized spacial score (nSPS) is 10.7. The van der Waals surface area contributed by atoms with Crippen molar-refractivity contribution in [1.29, 1.82) is 0 Å². The second kappa shape index (κ2) is 5.20. The van der Waals surface area contributed by atoms with Gasteiger partial charge in [-0.3, -0.25) is 4.79 Å². The Labute approximate surface area is 119 Å². The molecule has 0 atom stereocenters. The molecule has 20 heavy (non-hydrogen) atoms. The topological polar surface area (TPSA) is 17.1 Å². The van der Waals surface area contributed by atoms with Gasteiger partial charge in [-0.05, 0) is 74.6 Å². The van der Waals surface area contributed by atoms with E-state index < -0.39 is 0 Å². The highest BCUT2D eigenvalue weighted by Crippen LogP contribution is 2.28. The van der Waals surface area contributed by atoms with Gasteiger partial charge >= 0.3 is 0 Å². The highest BCUT2D eigenvalue weighted by Gasteiger charge is 2.19. The lowest BCUT2D eigenvalue weighted by molar-refractivity contribution is 0.103. The summed E-state index contributed by atoms with van der Waals surface area (Å²) in [6.45, 7) is 10.0. The van der Waals surface area contributed by atoms with Crippen LogP contribution in [0.1, 0.15) is 43.7 Å². The Morgan fingerprint density at radius 3 is 1.85 bits per heavy atom. The molecule has 0 heterocycles. The van der Waals surface area contributed by atoms with Crippen molar-refractivity contribution in [3.05, 3.63) is 69.0 Å². The van der Waals surface area contributed by atoms with Crippen molar-refractivity contribution in [2.75, 3.05) is 0 Å². The van der Waals surface area contributed by atoms with Crippen molar-refractivity contribution >= 4 is 5.78 Å². The Kier molecular flexibility index (Phi) is 3.76. The SMILES string of the molecule is Cc1c(C)c(C)c(C(=O)c2cccc(F)c2)c(C)c1C. The van der Waals surface area contributed by atoms with Crippen molar-refractivity contribution in [3.8, 4) is 0 Å². The fourth-order valence-corrected chi connectivity index (χ4v) is 2.61. The first-order valence-electron chi connectivity index (χ1n) is 6.71.